The van der Waals surface area contributed by atoms with Crippen LogP contribution in [0.1, 0.15) is 40.0 Å². The van der Waals surface area contributed by atoms with Crippen LogP contribution in [0.4, 0.5) is 0 Å². The van der Waals surface area contributed by atoms with Crippen molar-refractivity contribution in [2.45, 2.75) is 40.0 Å². The van der Waals surface area contributed by atoms with Crippen molar-refractivity contribution in [1.29, 1.82) is 0 Å². The summed E-state index contributed by atoms with van der Waals surface area (Å²) in [6, 6.07) is 0. The molecule has 1 fully saturated rings. The normalized spacial score (nSPS) is 29.4. The number of hydrogen-bond donors (Lipinski definition) is 0. The first-order valence-corrected chi connectivity index (χ1v) is 4.98. The molecule has 1 aliphatic rings. The Hall–Kier alpha value is -0.460. The van der Waals surface area contributed by atoms with Crippen LogP contribution >= 0.6 is 0 Å². The van der Waals surface area contributed by atoms with Crippen LogP contribution in [0, 0.1) is 5.41 Å². The molecule has 0 amide bonds. The molecule has 1 unspecified atom stereocenters. The molecule has 0 saturated carbocycles. The first-order valence-electron chi connectivity index (χ1n) is 4.98. The molecule has 0 spiro atoms. The maximum Gasteiger partial charge on any atom is 0.0229 e. The van der Waals surface area contributed by atoms with Gasteiger partial charge in [0.25, 0.3) is 0 Å². The third-order valence-corrected chi connectivity index (χ3v) is 2.95. The monoisotopic (exact) mass is 167 g/mol. The van der Waals surface area contributed by atoms with Crippen molar-refractivity contribution in [1.82, 2.24) is 4.90 Å². The Balaban J connectivity index is 2.48. The van der Waals surface area contributed by atoms with Crippen LogP contribution in [0.2, 0.25) is 0 Å². The molecule has 0 aromatic carbocycles. The van der Waals surface area contributed by atoms with Crippen molar-refractivity contribution in [2.75, 3.05) is 13.1 Å². The maximum absolute atomic E-state index is 3.99. The molecule has 1 saturated heterocycles. The predicted octanol–water partition coefficient (Wildman–Crippen LogP) is 3.03. The third kappa shape index (κ3) is 2.02. The molecular formula is C11H21N. The Kier molecular flexibility index (Phi) is 2.81. The number of hydrogen-bond acceptors (Lipinski definition) is 1. The second kappa shape index (κ2) is 3.51. The molecule has 1 rings (SSSR count). The van der Waals surface area contributed by atoms with Gasteiger partial charge in [-0.3, -0.25) is 0 Å². The Morgan fingerprint density at radius 1 is 1.58 bits per heavy atom. The second-order valence-electron chi connectivity index (χ2n) is 4.47. The van der Waals surface area contributed by atoms with E-state index in [0.717, 1.165) is 0 Å². The standard InChI is InChI=1S/C11H21N/c1-5-6-11(4)7-8-12(9-11)10(2)3/h2,5-9H2,1,3-4H3. The van der Waals surface area contributed by atoms with Gasteiger partial charge in [-0.1, -0.05) is 26.8 Å². The zero-order valence-corrected chi connectivity index (χ0v) is 8.69. The summed E-state index contributed by atoms with van der Waals surface area (Å²) in [7, 11) is 0. The van der Waals surface area contributed by atoms with E-state index in [9.17, 15) is 0 Å². The van der Waals surface area contributed by atoms with Crippen LogP contribution in [0.3, 0.4) is 0 Å². The number of rotatable bonds is 3. The van der Waals surface area contributed by atoms with E-state index in [1.807, 2.05) is 0 Å². The van der Waals surface area contributed by atoms with Gasteiger partial charge >= 0.3 is 0 Å². The minimum absolute atomic E-state index is 0.563. The molecular weight excluding hydrogens is 146 g/mol. The van der Waals surface area contributed by atoms with E-state index in [2.05, 4.69) is 32.3 Å². The van der Waals surface area contributed by atoms with Gasteiger partial charge in [-0.15, -0.1) is 0 Å². The van der Waals surface area contributed by atoms with Crippen molar-refractivity contribution in [3.05, 3.63) is 12.3 Å². The Morgan fingerprint density at radius 2 is 2.25 bits per heavy atom. The zero-order valence-electron chi connectivity index (χ0n) is 8.69. The largest absolute Gasteiger partial charge is 0.375 e. The molecule has 0 aliphatic carbocycles. The van der Waals surface area contributed by atoms with Crippen LogP contribution in [0.5, 0.6) is 0 Å². The molecule has 1 atom stereocenters. The summed E-state index contributed by atoms with van der Waals surface area (Å²) in [6.07, 6.45) is 4.00. The lowest BCUT2D eigenvalue weighted by Gasteiger charge is -2.24. The van der Waals surface area contributed by atoms with Crippen molar-refractivity contribution in [2.24, 2.45) is 5.41 Å². The fourth-order valence-electron chi connectivity index (χ4n) is 2.16. The Labute approximate surface area is 76.5 Å². The second-order valence-corrected chi connectivity index (χ2v) is 4.47. The molecule has 1 nitrogen and oxygen atoms in total. The van der Waals surface area contributed by atoms with Gasteiger partial charge in [0.1, 0.15) is 0 Å². The summed E-state index contributed by atoms with van der Waals surface area (Å²) in [6.45, 7) is 13.2. The first-order chi connectivity index (χ1) is 5.57. The molecule has 0 aromatic heterocycles. The molecule has 0 radical (unpaired) electrons. The maximum atomic E-state index is 3.99. The van der Waals surface area contributed by atoms with E-state index in [1.165, 1.54) is 38.0 Å². The SMILES string of the molecule is C=C(C)N1CCC(C)(CCC)C1. The lowest BCUT2D eigenvalue weighted by atomic mass is 9.85. The predicted molar refractivity (Wildman–Crippen MR) is 54.0 cm³/mol. The molecule has 1 heterocycles. The minimum atomic E-state index is 0.563. The smallest absolute Gasteiger partial charge is 0.0229 e. The van der Waals surface area contributed by atoms with Crippen molar-refractivity contribution >= 4 is 0 Å². The van der Waals surface area contributed by atoms with Gasteiger partial charge < -0.3 is 4.90 Å². The minimum Gasteiger partial charge on any atom is -0.375 e. The van der Waals surface area contributed by atoms with Crippen molar-refractivity contribution in [3.63, 3.8) is 0 Å². The number of nitrogens with zero attached hydrogens (tertiary/aromatic N) is 1. The lowest BCUT2D eigenvalue weighted by Crippen LogP contribution is -2.23. The van der Waals surface area contributed by atoms with Crippen LogP contribution < -0.4 is 0 Å². The highest BCUT2D eigenvalue weighted by molar-refractivity contribution is 4.97. The average molecular weight is 167 g/mol. The molecule has 70 valence electrons. The highest BCUT2D eigenvalue weighted by Crippen LogP contribution is 2.35. The summed E-state index contributed by atoms with van der Waals surface area (Å²) in [5.74, 6) is 0. The number of allylic oxidation sites excluding steroid dienone is 1. The van der Waals surface area contributed by atoms with Crippen LogP contribution in [-0.4, -0.2) is 18.0 Å². The highest BCUT2D eigenvalue weighted by Gasteiger charge is 2.32. The molecule has 0 N–H and O–H groups in total. The van der Waals surface area contributed by atoms with Crippen LogP contribution in [0.15, 0.2) is 12.3 Å². The summed E-state index contributed by atoms with van der Waals surface area (Å²) >= 11 is 0. The molecule has 1 heteroatoms. The van der Waals surface area contributed by atoms with E-state index in [0.29, 0.717) is 5.41 Å². The fourth-order valence-corrected chi connectivity index (χ4v) is 2.16. The van der Waals surface area contributed by atoms with Gasteiger partial charge in [-0.2, -0.15) is 0 Å². The molecule has 0 bridgehead atoms. The zero-order chi connectivity index (χ0) is 9.19. The van der Waals surface area contributed by atoms with E-state index < -0.39 is 0 Å². The summed E-state index contributed by atoms with van der Waals surface area (Å²) in [4.78, 5) is 2.41. The van der Waals surface area contributed by atoms with Gasteiger partial charge in [0.05, 0.1) is 0 Å². The van der Waals surface area contributed by atoms with E-state index in [4.69, 9.17) is 0 Å². The molecule has 0 aromatic rings. The quantitative estimate of drug-likeness (QED) is 0.624. The lowest BCUT2D eigenvalue weighted by molar-refractivity contribution is 0.291. The summed E-state index contributed by atoms with van der Waals surface area (Å²) in [5.41, 5.74) is 1.79. The van der Waals surface area contributed by atoms with Gasteiger partial charge in [-0.25, -0.2) is 0 Å². The van der Waals surface area contributed by atoms with Crippen molar-refractivity contribution < 1.29 is 0 Å². The van der Waals surface area contributed by atoms with Gasteiger partial charge in [-0.05, 0) is 25.2 Å². The van der Waals surface area contributed by atoms with Crippen LogP contribution in [0.25, 0.3) is 0 Å². The summed E-state index contributed by atoms with van der Waals surface area (Å²) in [5, 5.41) is 0. The number of likely N-dealkylation sites (tertiary alicyclic amines) is 1. The Bertz CT molecular complexity index is 174. The Morgan fingerprint density at radius 3 is 2.67 bits per heavy atom. The fraction of sp³-hybridized carbons (Fsp3) is 0.818. The summed E-state index contributed by atoms with van der Waals surface area (Å²) < 4.78 is 0. The van der Waals surface area contributed by atoms with E-state index >= 15 is 0 Å². The van der Waals surface area contributed by atoms with E-state index in [1.54, 1.807) is 0 Å². The molecule has 1 aliphatic heterocycles. The highest BCUT2D eigenvalue weighted by atomic mass is 15.2. The van der Waals surface area contributed by atoms with Gasteiger partial charge in [0.15, 0.2) is 0 Å². The average Bonchev–Trinajstić information content (AvgIpc) is 2.33. The van der Waals surface area contributed by atoms with Crippen LogP contribution in [-0.2, 0) is 0 Å². The third-order valence-electron chi connectivity index (χ3n) is 2.95. The first kappa shape index (κ1) is 9.63. The van der Waals surface area contributed by atoms with Gasteiger partial charge in [0, 0.05) is 18.8 Å². The topological polar surface area (TPSA) is 3.24 Å². The van der Waals surface area contributed by atoms with Crippen molar-refractivity contribution in [3.8, 4) is 0 Å². The van der Waals surface area contributed by atoms with Gasteiger partial charge in [0.2, 0.25) is 0 Å². The van der Waals surface area contributed by atoms with E-state index in [-0.39, 0.29) is 0 Å². The molecule has 12 heavy (non-hydrogen) atoms.